The van der Waals surface area contributed by atoms with E-state index in [9.17, 15) is 9.90 Å². The van der Waals surface area contributed by atoms with E-state index in [-0.39, 0.29) is 11.5 Å². The minimum Gasteiger partial charge on any atom is -0.508 e. The van der Waals surface area contributed by atoms with Gasteiger partial charge in [0.05, 0.1) is 0 Å². The van der Waals surface area contributed by atoms with Gasteiger partial charge in [0.1, 0.15) is 5.75 Å². The van der Waals surface area contributed by atoms with E-state index < -0.39 is 0 Å². The van der Waals surface area contributed by atoms with Crippen LogP contribution in [0.15, 0.2) is 60.8 Å². The number of aromatic hydroxyl groups is 1. The fraction of sp³-hybridized carbons (Fsp3) is 0.0556. The molecule has 0 amide bonds. The molecule has 104 valence electrons. The van der Waals surface area contributed by atoms with Gasteiger partial charge >= 0.3 is 0 Å². The molecule has 1 aromatic heterocycles. The first-order valence-corrected chi connectivity index (χ1v) is 6.70. The summed E-state index contributed by atoms with van der Waals surface area (Å²) in [5.74, 6) is 0.0764. The van der Waals surface area contributed by atoms with E-state index in [1.165, 1.54) is 12.1 Å². The second-order valence-electron chi connectivity index (χ2n) is 4.96. The first-order chi connectivity index (χ1) is 10.1. The Morgan fingerprint density at radius 3 is 2.57 bits per heavy atom. The molecule has 3 aromatic rings. The van der Waals surface area contributed by atoms with Crippen molar-refractivity contribution >= 4 is 22.8 Å². The van der Waals surface area contributed by atoms with Crippen molar-refractivity contribution in [2.75, 3.05) is 0 Å². The molecule has 0 saturated heterocycles. The highest BCUT2D eigenvalue weighted by molar-refractivity contribution is 6.07. The minimum atomic E-state index is -0.0806. The number of hydrogen-bond donors (Lipinski definition) is 1. The number of benzene rings is 2. The van der Waals surface area contributed by atoms with Gasteiger partial charge in [0.25, 0.3) is 0 Å². The summed E-state index contributed by atoms with van der Waals surface area (Å²) in [6.07, 6.45) is 5.40. The molecule has 0 saturated carbocycles. The summed E-state index contributed by atoms with van der Waals surface area (Å²) in [6.45, 7) is 0. The number of para-hydroxylation sites is 1. The fourth-order valence-corrected chi connectivity index (χ4v) is 2.39. The number of fused-ring (bicyclic) bond motifs is 1. The second kappa shape index (κ2) is 5.29. The Balaban J connectivity index is 1.91. The lowest BCUT2D eigenvalue weighted by atomic mass is 10.1. The van der Waals surface area contributed by atoms with Crippen LogP contribution in [0.5, 0.6) is 5.75 Å². The molecular weight excluding hydrogens is 262 g/mol. The monoisotopic (exact) mass is 277 g/mol. The highest BCUT2D eigenvalue weighted by Crippen LogP contribution is 2.21. The highest BCUT2D eigenvalue weighted by atomic mass is 16.3. The molecule has 1 N–H and O–H groups in total. The maximum atomic E-state index is 12.1. The number of phenolic OH excluding ortho intramolecular Hbond substituents is 1. The van der Waals surface area contributed by atoms with Crippen LogP contribution in [0, 0.1) is 0 Å². The summed E-state index contributed by atoms with van der Waals surface area (Å²) in [5.41, 5.74) is 2.71. The van der Waals surface area contributed by atoms with Crippen LogP contribution in [-0.2, 0) is 7.05 Å². The Hall–Kier alpha value is -2.81. The van der Waals surface area contributed by atoms with E-state index >= 15 is 0 Å². The average Bonchev–Trinajstić information content (AvgIpc) is 2.83. The molecule has 3 nitrogen and oxygen atoms in total. The number of aromatic nitrogens is 1. The first kappa shape index (κ1) is 13.2. The summed E-state index contributed by atoms with van der Waals surface area (Å²) >= 11 is 0. The number of allylic oxidation sites excluding steroid dienone is 1. The molecule has 0 atom stereocenters. The number of phenols is 1. The van der Waals surface area contributed by atoms with Crippen LogP contribution in [0.2, 0.25) is 0 Å². The van der Waals surface area contributed by atoms with Gasteiger partial charge in [-0.2, -0.15) is 0 Å². The average molecular weight is 277 g/mol. The van der Waals surface area contributed by atoms with Crippen LogP contribution in [0.4, 0.5) is 0 Å². The molecule has 3 rings (SSSR count). The third-order valence-electron chi connectivity index (χ3n) is 3.49. The molecule has 3 heteroatoms. The lowest BCUT2D eigenvalue weighted by molar-refractivity contribution is 0.104. The Morgan fingerprint density at radius 1 is 1.10 bits per heavy atom. The summed E-state index contributed by atoms with van der Waals surface area (Å²) in [7, 11) is 1.99. The smallest absolute Gasteiger partial charge is 0.185 e. The normalized spacial score (nSPS) is 11.3. The zero-order valence-corrected chi connectivity index (χ0v) is 11.7. The van der Waals surface area contributed by atoms with E-state index in [4.69, 9.17) is 0 Å². The molecule has 21 heavy (non-hydrogen) atoms. The minimum absolute atomic E-state index is 0.0806. The van der Waals surface area contributed by atoms with Crippen LogP contribution < -0.4 is 0 Å². The van der Waals surface area contributed by atoms with Gasteiger partial charge in [0.15, 0.2) is 5.78 Å². The van der Waals surface area contributed by atoms with E-state index in [1.807, 2.05) is 42.1 Å². The summed E-state index contributed by atoms with van der Waals surface area (Å²) in [5, 5.41) is 10.4. The first-order valence-electron chi connectivity index (χ1n) is 6.70. The van der Waals surface area contributed by atoms with Gasteiger partial charge in [-0.15, -0.1) is 0 Å². The van der Waals surface area contributed by atoms with Crippen LogP contribution in [0.1, 0.15) is 15.9 Å². The van der Waals surface area contributed by atoms with E-state index in [0.717, 1.165) is 16.5 Å². The van der Waals surface area contributed by atoms with Crippen LogP contribution >= 0.6 is 0 Å². The number of nitrogens with zero attached hydrogens (tertiary/aromatic N) is 1. The second-order valence-corrected chi connectivity index (χ2v) is 4.96. The largest absolute Gasteiger partial charge is 0.508 e. The van der Waals surface area contributed by atoms with E-state index in [0.29, 0.717) is 5.56 Å². The van der Waals surface area contributed by atoms with E-state index in [1.54, 1.807) is 18.2 Å². The Labute approximate surface area is 122 Å². The predicted molar refractivity (Wildman–Crippen MR) is 84.4 cm³/mol. The maximum Gasteiger partial charge on any atom is 0.185 e. The zero-order valence-electron chi connectivity index (χ0n) is 11.7. The number of aryl methyl sites for hydroxylation is 1. The number of carbonyl (C=O) groups excluding carboxylic acids is 1. The molecule has 0 fully saturated rings. The van der Waals surface area contributed by atoms with Crippen molar-refractivity contribution in [2.24, 2.45) is 7.05 Å². The van der Waals surface area contributed by atoms with Gasteiger partial charge in [-0.1, -0.05) is 18.2 Å². The Bertz CT molecular complexity index is 826. The highest BCUT2D eigenvalue weighted by Gasteiger charge is 2.05. The van der Waals surface area contributed by atoms with Crippen molar-refractivity contribution in [3.05, 3.63) is 71.9 Å². The number of rotatable bonds is 3. The van der Waals surface area contributed by atoms with Crippen molar-refractivity contribution in [2.45, 2.75) is 0 Å². The molecule has 0 bridgehead atoms. The predicted octanol–water partition coefficient (Wildman–Crippen LogP) is 3.78. The lowest BCUT2D eigenvalue weighted by Crippen LogP contribution is -1.92. The van der Waals surface area contributed by atoms with Gasteiger partial charge in [-0.05, 0) is 42.5 Å². The molecule has 1 heterocycles. The van der Waals surface area contributed by atoms with Gasteiger partial charge in [0.2, 0.25) is 0 Å². The summed E-state index contributed by atoms with van der Waals surface area (Å²) in [4.78, 5) is 12.1. The van der Waals surface area contributed by atoms with Crippen molar-refractivity contribution in [3.63, 3.8) is 0 Å². The third kappa shape index (κ3) is 2.58. The molecular formula is C18H15NO2. The third-order valence-corrected chi connectivity index (χ3v) is 3.49. The van der Waals surface area contributed by atoms with Gasteiger partial charge < -0.3 is 9.67 Å². The number of ketones is 1. The van der Waals surface area contributed by atoms with E-state index in [2.05, 4.69) is 6.07 Å². The molecule has 0 aliphatic carbocycles. The Morgan fingerprint density at radius 2 is 1.81 bits per heavy atom. The lowest BCUT2D eigenvalue weighted by Gasteiger charge is -1.96. The van der Waals surface area contributed by atoms with Crippen molar-refractivity contribution in [1.29, 1.82) is 0 Å². The number of hydrogen-bond acceptors (Lipinski definition) is 2. The molecule has 0 aliphatic heterocycles. The topological polar surface area (TPSA) is 42.2 Å². The molecule has 0 aliphatic rings. The molecule has 0 spiro atoms. The number of carbonyl (C=O) groups is 1. The van der Waals surface area contributed by atoms with Crippen LogP contribution in [0.3, 0.4) is 0 Å². The molecule has 2 aromatic carbocycles. The van der Waals surface area contributed by atoms with Crippen molar-refractivity contribution in [1.82, 2.24) is 4.57 Å². The van der Waals surface area contributed by atoms with Gasteiger partial charge in [0, 0.05) is 35.3 Å². The van der Waals surface area contributed by atoms with Gasteiger partial charge in [-0.3, -0.25) is 4.79 Å². The quantitative estimate of drug-likeness (QED) is 0.584. The maximum absolute atomic E-state index is 12.1. The van der Waals surface area contributed by atoms with Gasteiger partial charge in [-0.25, -0.2) is 0 Å². The zero-order chi connectivity index (χ0) is 14.8. The molecule has 0 unspecified atom stereocenters. The van der Waals surface area contributed by atoms with Crippen molar-refractivity contribution in [3.8, 4) is 5.75 Å². The SMILES string of the molecule is Cn1cc(/C=C/C(=O)c2ccc(O)cc2)c2ccccc21. The Kier molecular flexibility index (Phi) is 3.32. The van der Waals surface area contributed by atoms with Crippen molar-refractivity contribution < 1.29 is 9.90 Å². The van der Waals surface area contributed by atoms with Crippen LogP contribution in [0.25, 0.3) is 17.0 Å². The summed E-state index contributed by atoms with van der Waals surface area (Å²) in [6, 6.07) is 14.3. The molecule has 0 radical (unpaired) electrons. The van der Waals surface area contributed by atoms with Crippen LogP contribution in [-0.4, -0.2) is 15.5 Å². The fourth-order valence-electron chi connectivity index (χ4n) is 2.39. The summed E-state index contributed by atoms with van der Waals surface area (Å²) < 4.78 is 2.04. The standard InChI is InChI=1S/C18H15NO2/c1-19-12-14(16-4-2-3-5-17(16)19)8-11-18(21)13-6-9-15(20)10-7-13/h2-12,20H,1H3/b11-8+.